The number of aliphatic hydroxyl groups excluding tert-OH is 1. The van der Waals surface area contributed by atoms with Gasteiger partial charge in [-0.25, -0.2) is 0 Å². The van der Waals surface area contributed by atoms with Crippen molar-refractivity contribution >= 4 is 11.5 Å². The van der Waals surface area contributed by atoms with E-state index in [1.165, 1.54) is 6.92 Å². The topological polar surface area (TPSA) is 76.2 Å². The van der Waals surface area contributed by atoms with E-state index >= 15 is 0 Å². The number of aliphatic hydroxyl groups is 1. The van der Waals surface area contributed by atoms with Crippen LogP contribution >= 0.6 is 0 Å². The molecule has 94 valence electrons. The van der Waals surface area contributed by atoms with E-state index in [0.717, 1.165) is 11.3 Å². The van der Waals surface area contributed by atoms with E-state index in [4.69, 9.17) is 10.8 Å². The molecule has 4 nitrogen and oxygen atoms in total. The highest BCUT2D eigenvalue weighted by atomic mass is 16.3. The second kappa shape index (κ2) is 7.19. The van der Waals surface area contributed by atoms with Crippen LogP contribution in [0.25, 0.3) is 0 Å². The molecule has 2 rings (SSSR count). The number of carbonyl (C=O) groups excluding carboxylic acids is 1. The van der Waals surface area contributed by atoms with Gasteiger partial charge in [0, 0.05) is 23.6 Å². The maximum absolute atomic E-state index is 10.6. The summed E-state index contributed by atoms with van der Waals surface area (Å²) in [4.78, 5) is 14.4. The van der Waals surface area contributed by atoms with Gasteiger partial charge in [-0.15, -0.1) is 0 Å². The van der Waals surface area contributed by atoms with Crippen LogP contribution in [0.5, 0.6) is 0 Å². The Bertz CT molecular complexity index is 481. The van der Waals surface area contributed by atoms with Crippen molar-refractivity contribution in [2.24, 2.45) is 0 Å². The SMILES string of the molecule is CC(=O)c1ccncc1.Nc1ccc(CO)cc1. The Morgan fingerprint density at radius 2 is 1.72 bits per heavy atom. The number of carbonyl (C=O) groups is 1. The monoisotopic (exact) mass is 244 g/mol. The lowest BCUT2D eigenvalue weighted by Crippen LogP contribution is -1.89. The maximum atomic E-state index is 10.6. The van der Waals surface area contributed by atoms with Crippen molar-refractivity contribution in [3.63, 3.8) is 0 Å². The number of aromatic nitrogens is 1. The summed E-state index contributed by atoms with van der Waals surface area (Å²) in [5.41, 5.74) is 7.73. The van der Waals surface area contributed by atoms with Crippen molar-refractivity contribution in [1.82, 2.24) is 4.98 Å². The van der Waals surface area contributed by atoms with Gasteiger partial charge in [0.2, 0.25) is 0 Å². The molecular formula is C14H16N2O2. The number of nitrogens with zero attached hydrogens (tertiary/aromatic N) is 1. The first-order valence-electron chi connectivity index (χ1n) is 5.49. The molecule has 0 aliphatic rings. The van der Waals surface area contributed by atoms with E-state index in [-0.39, 0.29) is 12.4 Å². The summed E-state index contributed by atoms with van der Waals surface area (Å²) in [5, 5.41) is 8.59. The van der Waals surface area contributed by atoms with Crippen molar-refractivity contribution in [3.8, 4) is 0 Å². The fourth-order valence-corrected chi connectivity index (χ4v) is 1.21. The zero-order valence-corrected chi connectivity index (χ0v) is 10.2. The molecule has 0 atom stereocenters. The molecule has 1 heterocycles. The molecule has 0 aliphatic heterocycles. The van der Waals surface area contributed by atoms with Crippen molar-refractivity contribution in [2.45, 2.75) is 13.5 Å². The van der Waals surface area contributed by atoms with Crippen LogP contribution in [0.3, 0.4) is 0 Å². The fourth-order valence-electron chi connectivity index (χ4n) is 1.21. The Balaban J connectivity index is 0.000000180. The van der Waals surface area contributed by atoms with E-state index in [1.807, 2.05) is 0 Å². The summed E-state index contributed by atoms with van der Waals surface area (Å²) in [7, 11) is 0. The van der Waals surface area contributed by atoms with Gasteiger partial charge in [0.1, 0.15) is 0 Å². The minimum atomic E-state index is 0.0809. The molecule has 0 radical (unpaired) electrons. The minimum absolute atomic E-state index is 0.0809. The predicted octanol–water partition coefficient (Wildman–Crippen LogP) is 2.05. The highest BCUT2D eigenvalue weighted by Gasteiger charge is 1.93. The highest BCUT2D eigenvalue weighted by Crippen LogP contribution is 2.04. The lowest BCUT2D eigenvalue weighted by Gasteiger charge is -1.94. The number of hydrogen-bond acceptors (Lipinski definition) is 4. The Morgan fingerprint density at radius 1 is 1.17 bits per heavy atom. The summed E-state index contributed by atoms with van der Waals surface area (Å²) in [6, 6.07) is 10.5. The lowest BCUT2D eigenvalue weighted by molar-refractivity contribution is 0.101. The van der Waals surface area contributed by atoms with Crippen LogP contribution < -0.4 is 5.73 Å². The van der Waals surface area contributed by atoms with Gasteiger partial charge < -0.3 is 10.8 Å². The van der Waals surface area contributed by atoms with Crippen molar-refractivity contribution in [2.75, 3.05) is 5.73 Å². The molecule has 0 fully saturated rings. The standard InChI is InChI=1S/C7H7NO.C7H9NO/c1-6(9)7-2-4-8-5-3-7;8-7-3-1-6(5-9)2-4-7/h2-5H,1H3;1-4,9H,5,8H2. The van der Waals surface area contributed by atoms with Crippen LogP contribution in [0.15, 0.2) is 48.8 Å². The molecule has 0 saturated heterocycles. The van der Waals surface area contributed by atoms with E-state index in [1.54, 1.807) is 48.8 Å². The van der Waals surface area contributed by atoms with Crippen LogP contribution in [-0.4, -0.2) is 15.9 Å². The Morgan fingerprint density at radius 3 is 2.11 bits per heavy atom. The Kier molecular flexibility index (Phi) is 5.54. The van der Waals surface area contributed by atoms with Gasteiger partial charge in [0.25, 0.3) is 0 Å². The van der Waals surface area contributed by atoms with Crippen LogP contribution in [0.2, 0.25) is 0 Å². The number of rotatable bonds is 2. The zero-order valence-electron chi connectivity index (χ0n) is 10.2. The van der Waals surface area contributed by atoms with Gasteiger partial charge in [0.05, 0.1) is 6.61 Å². The van der Waals surface area contributed by atoms with Crippen molar-refractivity contribution in [1.29, 1.82) is 0 Å². The second-order valence-corrected chi connectivity index (χ2v) is 3.69. The molecule has 0 amide bonds. The van der Waals surface area contributed by atoms with E-state index < -0.39 is 0 Å². The van der Waals surface area contributed by atoms with E-state index in [0.29, 0.717) is 5.56 Å². The molecule has 18 heavy (non-hydrogen) atoms. The zero-order chi connectivity index (χ0) is 13.4. The Labute approximate surface area is 106 Å². The van der Waals surface area contributed by atoms with Gasteiger partial charge in [-0.05, 0) is 36.8 Å². The molecule has 1 aromatic heterocycles. The van der Waals surface area contributed by atoms with Crippen LogP contribution in [0.1, 0.15) is 22.8 Å². The first kappa shape index (κ1) is 13.9. The Hall–Kier alpha value is -2.20. The van der Waals surface area contributed by atoms with Crippen LogP contribution in [0.4, 0.5) is 5.69 Å². The predicted molar refractivity (Wildman–Crippen MR) is 71.0 cm³/mol. The quantitative estimate of drug-likeness (QED) is 0.626. The normalized spacial score (nSPS) is 9.22. The first-order valence-corrected chi connectivity index (χ1v) is 5.49. The summed E-state index contributed by atoms with van der Waals surface area (Å²) < 4.78 is 0. The number of benzene rings is 1. The van der Waals surface area contributed by atoms with Crippen molar-refractivity contribution in [3.05, 3.63) is 59.9 Å². The van der Waals surface area contributed by atoms with Gasteiger partial charge >= 0.3 is 0 Å². The molecule has 3 N–H and O–H groups in total. The molecule has 0 spiro atoms. The smallest absolute Gasteiger partial charge is 0.159 e. The maximum Gasteiger partial charge on any atom is 0.159 e. The van der Waals surface area contributed by atoms with E-state index in [9.17, 15) is 4.79 Å². The average molecular weight is 244 g/mol. The molecule has 4 heteroatoms. The minimum Gasteiger partial charge on any atom is -0.399 e. The third-order valence-corrected chi connectivity index (χ3v) is 2.25. The number of nitrogens with two attached hydrogens (primary N) is 1. The third-order valence-electron chi connectivity index (χ3n) is 2.25. The van der Waals surface area contributed by atoms with Crippen molar-refractivity contribution < 1.29 is 9.90 Å². The fraction of sp³-hybridized carbons (Fsp3) is 0.143. The number of hydrogen-bond donors (Lipinski definition) is 2. The van der Waals surface area contributed by atoms with E-state index in [2.05, 4.69) is 4.98 Å². The molecule has 0 saturated carbocycles. The number of nitrogen functional groups attached to an aromatic ring is 1. The highest BCUT2D eigenvalue weighted by molar-refractivity contribution is 5.93. The van der Waals surface area contributed by atoms with Gasteiger partial charge in [-0.3, -0.25) is 9.78 Å². The molecule has 1 aromatic carbocycles. The number of anilines is 1. The third kappa shape index (κ3) is 4.76. The molecule has 0 bridgehead atoms. The molecule has 0 aliphatic carbocycles. The van der Waals surface area contributed by atoms with Gasteiger partial charge in [-0.2, -0.15) is 0 Å². The number of pyridine rings is 1. The molecule has 2 aromatic rings. The molecule has 0 unspecified atom stereocenters. The summed E-state index contributed by atoms with van der Waals surface area (Å²) in [6.45, 7) is 1.62. The molecular weight excluding hydrogens is 228 g/mol. The summed E-state index contributed by atoms with van der Waals surface area (Å²) in [5.74, 6) is 0.0809. The van der Waals surface area contributed by atoms with Gasteiger partial charge in [-0.1, -0.05) is 12.1 Å². The number of ketones is 1. The van der Waals surface area contributed by atoms with Gasteiger partial charge in [0.15, 0.2) is 5.78 Å². The summed E-state index contributed by atoms with van der Waals surface area (Å²) in [6.07, 6.45) is 3.22. The van der Waals surface area contributed by atoms with Crippen LogP contribution in [0, 0.1) is 0 Å². The van der Waals surface area contributed by atoms with Crippen LogP contribution in [-0.2, 0) is 6.61 Å². The largest absolute Gasteiger partial charge is 0.399 e. The first-order chi connectivity index (χ1) is 8.63. The second-order valence-electron chi connectivity index (χ2n) is 3.69. The average Bonchev–Trinajstić information content (AvgIpc) is 2.41. The number of Topliss-reactive ketones (excluding diaryl/α,β-unsaturated/α-hetero) is 1. The summed E-state index contributed by atoms with van der Waals surface area (Å²) >= 11 is 0. The lowest BCUT2D eigenvalue weighted by atomic mass is 10.2.